The van der Waals surface area contributed by atoms with E-state index < -0.39 is 0 Å². The molecule has 0 aromatic heterocycles. The first-order valence-electron chi connectivity index (χ1n) is 9.80. The van der Waals surface area contributed by atoms with E-state index in [9.17, 15) is 14.4 Å². The van der Waals surface area contributed by atoms with Gasteiger partial charge in [0.15, 0.2) is 0 Å². The standard InChI is InChI=1S/C20H27N3O6/c1-27-15-3-4-16-17(11-15)29-10-7-21-18(24)12-23(8-2-6-22-19(16)25)20(26)14-5-9-28-13-14/h3-4,11,14H,2,5-10,12-13H2,1H3,(H,21,24)(H,22,25). The normalized spacial score (nSPS) is 21.3. The Kier molecular flexibility index (Phi) is 7.29. The fourth-order valence-corrected chi connectivity index (χ4v) is 3.34. The molecule has 3 rings (SSSR count). The topological polar surface area (TPSA) is 106 Å². The minimum atomic E-state index is -0.259. The Hall–Kier alpha value is -2.81. The summed E-state index contributed by atoms with van der Waals surface area (Å²) >= 11 is 0. The highest BCUT2D eigenvalue weighted by molar-refractivity contribution is 5.97. The van der Waals surface area contributed by atoms with Gasteiger partial charge < -0.3 is 29.7 Å². The van der Waals surface area contributed by atoms with Gasteiger partial charge in [-0.1, -0.05) is 0 Å². The molecule has 158 valence electrons. The van der Waals surface area contributed by atoms with Crippen molar-refractivity contribution in [3.05, 3.63) is 23.8 Å². The number of amides is 3. The van der Waals surface area contributed by atoms with Crippen LogP contribution in [0.3, 0.4) is 0 Å². The summed E-state index contributed by atoms with van der Waals surface area (Å²) in [6.45, 7) is 2.13. The first kappa shape index (κ1) is 20.9. The summed E-state index contributed by atoms with van der Waals surface area (Å²) in [5, 5.41) is 5.61. The van der Waals surface area contributed by atoms with E-state index in [0.717, 1.165) is 0 Å². The van der Waals surface area contributed by atoms with Crippen LogP contribution in [0.5, 0.6) is 11.5 Å². The lowest BCUT2D eigenvalue weighted by molar-refractivity contribution is -0.139. The van der Waals surface area contributed by atoms with Gasteiger partial charge in [-0.15, -0.1) is 0 Å². The summed E-state index contributed by atoms with van der Waals surface area (Å²) in [7, 11) is 1.54. The molecule has 9 heteroatoms. The highest BCUT2D eigenvalue weighted by Gasteiger charge is 2.29. The van der Waals surface area contributed by atoms with Crippen molar-refractivity contribution < 1.29 is 28.6 Å². The van der Waals surface area contributed by atoms with Crippen molar-refractivity contribution in [2.75, 3.05) is 53.1 Å². The number of methoxy groups -OCH3 is 1. The summed E-state index contributed by atoms with van der Waals surface area (Å²) in [4.78, 5) is 39.1. The molecule has 2 heterocycles. The molecule has 2 N–H and O–H groups in total. The lowest BCUT2D eigenvalue weighted by Crippen LogP contribution is -2.45. The monoisotopic (exact) mass is 405 g/mol. The van der Waals surface area contributed by atoms with Gasteiger partial charge in [0.2, 0.25) is 11.8 Å². The largest absolute Gasteiger partial charge is 0.497 e. The average Bonchev–Trinajstić information content (AvgIpc) is 3.27. The van der Waals surface area contributed by atoms with Gasteiger partial charge in [0.05, 0.1) is 38.3 Å². The van der Waals surface area contributed by atoms with Crippen LogP contribution < -0.4 is 20.1 Å². The van der Waals surface area contributed by atoms with Crippen molar-refractivity contribution in [3.8, 4) is 11.5 Å². The molecule has 9 nitrogen and oxygen atoms in total. The molecule has 1 aromatic rings. The molecule has 3 amide bonds. The van der Waals surface area contributed by atoms with Gasteiger partial charge in [-0.2, -0.15) is 0 Å². The molecule has 0 radical (unpaired) electrons. The van der Waals surface area contributed by atoms with Gasteiger partial charge in [-0.25, -0.2) is 0 Å². The first-order valence-corrected chi connectivity index (χ1v) is 9.80. The molecular formula is C20H27N3O6. The van der Waals surface area contributed by atoms with E-state index in [4.69, 9.17) is 14.2 Å². The molecule has 0 bridgehead atoms. The molecule has 1 fully saturated rings. The zero-order valence-corrected chi connectivity index (χ0v) is 16.6. The second-order valence-corrected chi connectivity index (χ2v) is 6.99. The lowest BCUT2D eigenvalue weighted by Gasteiger charge is -2.25. The predicted octanol–water partition coefficient (Wildman–Crippen LogP) is 0.189. The number of rotatable bonds is 2. The van der Waals surface area contributed by atoms with E-state index in [1.807, 2.05) is 0 Å². The van der Waals surface area contributed by atoms with Gasteiger partial charge in [0.25, 0.3) is 5.91 Å². The molecular weight excluding hydrogens is 378 g/mol. The van der Waals surface area contributed by atoms with Crippen LogP contribution in [0.1, 0.15) is 23.2 Å². The maximum atomic E-state index is 12.7. The Bertz CT molecular complexity index is 748. The summed E-state index contributed by atoms with van der Waals surface area (Å²) < 4.78 is 16.2. The molecule has 0 saturated carbocycles. The average molecular weight is 405 g/mol. The molecule has 2 aliphatic rings. The van der Waals surface area contributed by atoms with Gasteiger partial charge in [0.1, 0.15) is 18.1 Å². The van der Waals surface area contributed by atoms with Crippen LogP contribution in [0, 0.1) is 5.92 Å². The lowest BCUT2D eigenvalue weighted by atomic mass is 10.1. The highest BCUT2D eigenvalue weighted by Crippen LogP contribution is 2.25. The van der Waals surface area contributed by atoms with E-state index >= 15 is 0 Å². The summed E-state index contributed by atoms with van der Waals surface area (Å²) in [5.74, 6) is 0.183. The smallest absolute Gasteiger partial charge is 0.255 e. The minimum Gasteiger partial charge on any atom is -0.497 e. The number of fused-ring (bicyclic) bond motifs is 1. The number of carbonyl (C=O) groups is 3. The quantitative estimate of drug-likeness (QED) is 0.728. The first-order chi connectivity index (χ1) is 14.1. The van der Waals surface area contributed by atoms with Crippen molar-refractivity contribution >= 4 is 17.7 Å². The van der Waals surface area contributed by atoms with E-state index in [0.29, 0.717) is 56.2 Å². The van der Waals surface area contributed by atoms with Crippen molar-refractivity contribution in [3.63, 3.8) is 0 Å². The molecule has 2 aliphatic heterocycles. The zero-order chi connectivity index (χ0) is 20.6. The number of nitrogens with one attached hydrogen (secondary N) is 2. The van der Waals surface area contributed by atoms with Crippen LogP contribution in [0.2, 0.25) is 0 Å². The van der Waals surface area contributed by atoms with Gasteiger partial charge in [-0.3, -0.25) is 14.4 Å². The van der Waals surface area contributed by atoms with E-state index in [2.05, 4.69) is 10.6 Å². The van der Waals surface area contributed by atoms with Gasteiger partial charge in [-0.05, 0) is 25.0 Å². The summed E-state index contributed by atoms with van der Waals surface area (Å²) in [5.41, 5.74) is 0.394. The Labute approximate surface area is 169 Å². The third kappa shape index (κ3) is 5.60. The van der Waals surface area contributed by atoms with Crippen LogP contribution >= 0.6 is 0 Å². The maximum Gasteiger partial charge on any atom is 0.255 e. The zero-order valence-electron chi connectivity index (χ0n) is 16.6. The van der Waals surface area contributed by atoms with Gasteiger partial charge >= 0.3 is 0 Å². The van der Waals surface area contributed by atoms with E-state index in [-0.39, 0.29) is 43.3 Å². The van der Waals surface area contributed by atoms with Crippen LogP contribution in [-0.2, 0) is 14.3 Å². The predicted molar refractivity (Wildman–Crippen MR) is 104 cm³/mol. The van der Waals surface area contributed by atoms with Crippen LogP contribution in [0.25, 0.3) is 0 Å². The fraction of sp³-hybridized carbons (Fsp3) is 0.550. The molecule has 1 aromatic carbocycles. The number of carbonyl (C=O) groups excluding carboxylic acids is 3. The number of ether oxygens (including phenoxy) is 3. The van der Waals surface area contributed by atoms with Crippen LogP contribution in [-0.4, -0.2) is 75.7 Å². The Morgan fingerprint density at radius 3 is 2.83 bits per heavy atom. The SMILES string of the molecule is COc1ccc2c(c1)OCCNC(=O)CN(C(=O)C1CCOC1)CCCNC2=O. The van der Waals surface area contributed by atoms with Crippen molar-refractivity contribution in [2.24, 2.45) is 5.92 Å². The van der Waals surface area contributed by atoms with E-state index in [1.54, 1.807) is 23.1 Å². The van der Waals surface area contributed by atoms with E-state index in [1.165, 1.54) is 7.11 Å². The molecule has 1 saturated heterocycles. The minimum absolute atomic E-state index is 0.0201. The number of benzene rings is 1. The third-order valence-corrected chi connectivity index (χ3v) is 4.93. The van der Waals surface area contributed by atoms with Crippen LogP contribution in [0.4, 0.5) is 0 Å². The van der Waals surface area contributed by atoms with Gasteiger partial charge in [0, 0.05) is 25.8 Å². The molecule has 29 heavy (non-hydrogen) atoms. The Morgan fingerprint density at radius 1 is 1.21 bits per heavy atom. The fourth-order valence-electron chi connectivity index (χ4n) is 3.34. The molecule has 1 atom stereocenters. The molecule has 0 aliphatic carbocycles. The van der Waals surface area contributed by atoms with Crippen molar-refractivity contribution in [1.29, 1.82) is 0 Å². The van der Waals surface area contributed by atoms with Crippen LogP contribution in [0.15, 0.2) is 18.2 Å². The Balaban J connectivity index is 1.69. The molecule has 0 spiro atoms. The second-order valence-electron chi connectivity index (χ2n) is 6.99. The number of hydrogen-bond donors (Lipinski definition) is 2. The highest BCUT2D eigenvalue weighted by atomic mass is 16.5. The second kappa shape index (κ2) is 10.1. The number of hydrogen-bond acceptors (Lipinski definition) is 6. The van der Waals surface area contributed by atoms with Crippen molar-refractivity contribution in [1.82, 2.24) is 15.5 Å². The number of nitrogens with zero attached hydrogens (tertiary/aromatic N) is 1. The summed E-state index contributed by atoms with van der Waals surface area (Å²) in [6.07, 6.45) is 1.20. The third-order valence-electron chi connectivity index (χ3n) is 4.93. The Morgan fingerprint density at radius 2 is 2.07 bits per heavy atom. The maximum absolute atomic E-state index is 12.7. The van der Waals surface area contributed by atoms with Crippen molar-refractivity contribution in [2.45, 2.75) is 12.8 Å². The molecule has 1 unspecified atom stereocenters. The summed E-state index contributed by atoms with van der Waals surface area (Å²) in [6, 6.07) is 4.98.